The molecule has 0 saturated carbocycles. The fourth-order valence-corrected chi connectivity index (χ4v) is 5.90. The molecule has 2 aliphatic heterocycles. The molecule has 2 aromatic rings. The number of hydrogen-bond donors (Lipinski definition) is 1. The topological polar surface area (TPSA) is 111 Å². The summed E-state index contributed by atoms with van der Waals surface area (Å²) in [7, 11) is -3.84. The lowest BCUT2D eigenvalue weighted by atomic mass is 10.1. The van der Waals surface area contributed by atoms with Crippen LogP contribution < -0.4 is 5.32 Å². The molecule has 4 rings (SSSR count). The molecule has 2 atom stereocenters. The maximum atomic E-state index is 13.5. The zero-order valence-electron chi connectivity index (χ0n) is 18.9. The molecular weight excluding hydrogens is 478 g/mol. The third-order valence-electron chi connectivity index (χ3n) is 6.31. The van der Waals surface area contributed by atoms with Crippen molar-refractivity contribution in [3.8, 4) is 6.07 Å². The number of nitrogens with zero attached hydrogens (tertiary/aromatic N) is 3. The predicted molar refractivity (Wildman–Crippen MR) is 121 cm³/mol. The van der Waals surface area contributed by atoms with E-state index in [1.165, 1.54) is 33.5 Å². The Labute approximate surface area is 202 Å². The van der Waals surface area contributed by atoms with Gasteiger partial charge in [-0.25, -0.2) is 17.2 Å². The smallest absolute Gasteiger partial charge is 0.254 e. The highest BCUT2D eigenvalue weighted by molar-refractivity contribution is 7.89. The van der Waals surface area contributed by atoms with Gasteiger partial charge in [-0.3, -0.25) is 9.59 Å². The summed E-state index contributed by atoms with van der Waals surface area (Å²) in [6.45, 7) is 2.12. The minimum Gasteiger partial charge on any atom is -0.348 e. The van der Waals surface area contributed by atoms with Crippen LogP contribution in [-0.2, 0) is 14.8 Å². The average molecular weight is 503 g/mol. The Morgan fingerprint density at radius 3 is 2.49 bits per heavy atom. The molecule has 0 bridgehead atoms. The van der Waals surface area contributed by atoms with Gasteiger partial charge in [0.25, 0.3) is 5.91 Å². The zero-order chi connectivity index (χ0) is 25.3. The number of halogens is 2. The van der Waals surface area contributed by atoms with Gasteiger partial charge in [0.1, 0.15) is 17.7 Å². The summed E-state index contributed by atoms with van der Waals surface area (Å²) in [5.74, 6) is -2.79. The van der Waals surface area contributed by atoms with Crippen molar-refractivity contribution in [1.82, 2.24) is 14.5 Å². The zero-order valence-corrected chi connectivity index (χ0v) is 19.8. The molecule has 2 aliphatic rings. The largest absolute Gasteiger partial charge is 0.348 e. The number of likely N-dealkylation sites (tertiary alicyclic amines) is 1. The third-order valence-corrected chi connectivity index (χ3v) is 8.14. The lowest BCUT2D eigenvalue weighted by Gasteiger charge is -2.34. The number of sulfonamides is 1. The minimum atomic E-state index is -3.84. The molecule has 0 radical (unpaired) electrons. The summed E-state index contributed by atoms with van der Waals surface area (Å²) in [5, 5.41) is 11.6. The number of nitrogens with one attached hydrogen (secondary N) is 1. The summed E-state index contributed by atoms with van der Waals surface area (Å²) in [6.07, 6.45) is 0.983. The number of nitriles is 1. The van der Waals surface area contributed by atoms with Crippen LogP contribution in [-0.4, -0.2) is 55.1 Å². The van der Waals surface area contributed by atoms with E-state index in [1.807, 2.05) is 6.07 Å². The first kappa shape index (κ1) is 24.8. The molecule has 0 unspecified atom stereocenters. The Morgan fingerprint density at radius 1 is 1.14 bits per heavy atom. The molecule has 8 nitrogen and oxygen atoms in total. The molecule has 1 N–H and O–H groups in total. The fourth-order valence-electron chi connectivity index (χ4n) is 4.32. The molecule has 35 heavy (non-hydrogen) atoms. The Balaban J connectivity index is 1.48. The predicted octanol–water partition coefficient (Wildman–Crippen LogP) is 2.59. The molecule has 2 aromatic carbocycles. The average Bonchev–Trinajstić information content (AvgIpc) is 3.27. The van der Waals surface area contributed by atoms with E-state index in [4.69, 9.17) is 5.26 Å². The van der Waals surface area contributed by atoms with Crippen LogP contribution in [0.4, 0.5) is 8.78 Å². The normalized spacial score (nSPS) is 19.6. The van der Waals surface area contributed by atoms with Crippen molar-refractivity contribution in [3.05, 3.63) is 65.2 Å². The Bertz CT molecular complexity index is 1280. The molecule has 2 fully saturated rings. The quantitative estimate of drug-likeness (QED) is 0.653. The molecule has 2 amide bonds. The molecular formula is C24H24F2N4O4S. The van der Waals surface area contributed by atoms with Gasteiger partial charge in [0.15, 0.2) is 0 Å². The maximum Gasteiger partial charge on any atom is 0.254 e. The van der Waals surface area contributed by atoms with Crippen LogP contribution in [0.1, 0.15) is 41.7 Å². The Morgan fingerprint density at radius 2 is 1.83 bits per heavy atom. The SMILES string of the molecule is C[C@@H](NC(=O)[C@H]1CCCN1C(=O)c1cccc(S(=O)(=O)N2CC(C#N)C2)c1)c1cc(F)cc(F)c1. The monoisotopic (exact) mass is 502 g/mol. The second kappa shape index (κ2) is 9.71. The van der Waals surface area contributed by atoms with Gasteiger partial charge in [-0.15, -0.1) is 0 Å². The van der Waals surface area contributed by atoms with Crippen molar-refractivity contribution < 1.29 is 26.8 Å². The highest BCUT2D eigenvalue weighted by Gasteiger charge is 2.38. The van der Waals surface area contributed by atoms with E-state index in [0.717, 1.165) is 18.2 Å². The van der Waals surface area contributed by atoms with Crippen molar-refractivity contribution in [3.63, 3.8) is 0 Å². The van der Waals surface area contributed by atoms with Crippen LogP contribution in [0.15, 0.2) is 47.4 Å². The van der Waals surface area contributed by atoms with Gasteiger partial charge in [-0.1, -0.05) is 6.07 Å². The van der Waals surface area contributed by atoms with Gasteiger partial charge in [-0.2, -0.15) is 9.57 Å². The van der Waals surface area contributed by atoms with Crippen molar-refractivity contribution in [2.75, 3.05) is 19.6 Å². The van der Waals surface area contributed by atoms with Crippen LogP contribution in [0, 0.1) is 28.9 Å². The summed E-state index contributed by atoms with van der Waals surface area (Å²) in [4.78, 5) is 27.5. The van der Waals surface area contributed by atoms with Gasteiger partial charge in [0.05, 0.1) is 22.9 Å². The van der Waals surface area contributed by atoms with Gasteiger partial charge in [0, 0.05) is 31.3 Å². The Hall–Kier alpha value is -3.36. The first-order valence-corrected chi connectivity index (χ1v) is 12.6. The highest BCUT2D eigenvalue weighted by atomic mass is 32.2. The Kier molecular flexibility index (Phi) is 6.87. The number of carbonyl (C=O) groups is 2. The van der Waals surface area contributed by atoms with Crippen LogP contribution >= 0.6 is 0 Å². The van der Waals surface area contributed by atoms with E-state index in [2.05, 4.69) is 5.32 Å². The third kappa shape index (κ3) is 5.04. The molecule has 2 heterocycles. The van der Waals surface area contributed by atoms with Crippen molar-refractivity contribution in [2.45, 2.75) is 36.7 Å². The number of carbonyl (C=O) groups excluding carboxylic acids is 2. The maximum absolute atomic E-state index is 13.5. The summed E-state index contributed by atoms with van der Waals surface area (Å²) < 4.78 is 53.9. The number of benzene rings is 2. The van der Waals surface area contributed by atoms with Crippen LogP contribution in [0.25, 0.3) is 0 Å². The number of rotatable bonds is 6. The second-order valence-corrected chi connectivity index (χ2v) is 10.7. The van der Waals surface area contributed by atoms with Crippen molar-refractivity contribution in [2.24, 2.45) is 5.92 Å². The van der Waals surface area contributed by atoms with Gasteiger partial charge < -0.3 is 10.2 Å². The molecule has 0 aliphatic carbocycles. The lowest BCUT2D eigenvalue weighted by Crippen LogP contribution is -2.49. The minimum absolute atomic E-state index is 0.0540. The van der Waals surface area contributed by atoms with E-state index in [0.29, 0.717) is 19.4 Å². The first-order valence-electron chi connectivity index (χ1n) is 11.2. The van der Waals surface area contributed by atoms with E-state index < -0.39 is 45.6 Å². The van der Waals surface area contributed by atoms with Crippen LogP contribution in [0.2, 0.25) is 0 Å². The van der Waals surface area contributed by atoms with Crippen molar-refractivity contribution >= 4 is 21.8 Å². The van der Waals surface area contributed by atoms with E-state index >= 15 is 0 Å². The molecule has 0 spiro atoms. The molecule has 2 saturated heterocycles. The van der Waals surface area contributed by atoms with Gasteiger partial charge >= 0.3 is 0 Å². The van der Waals surface area contributed by atoms with Crippen LogP contribution in [0.3, 0.4) is 0 Å². The van der Waals surface area contributed by atoms with Gasteiger partial charge in [-0.05, 0) is 55.7 Å². The fraction of sp³-hybridized carbons (Fsp3) is 0.375. The number of amides is 2. The molecule has 184 valence electrons. The van der Waals surface area contributed by atoms with Gasteiger partial charge in [0.2, 0.25) is 15.9 Å². The standard InChI is InChI=1S/C24H24F2N4O4S/c1-15(18-8-19(25)11-20(26)9-18)28-23(31)22-6-3-7-30(22)24(32)17-4-2-5-21(10-17)35(33,34)29-13-16(12-27)14-29/h2,4-5,8-11,15-16,22H,3,6-7,13-14H2,1H3,(H,28,31)/t15-,22-/m1/s1. The van der Waals surface area contributed by atoms with E-state index in [-0.39, 0.29) is 35.0 Å². The van der Waals surface area contributed by atoms with Crippen LogP contribution in [0.5, 0.6) is 0 Å². The van der Waals surface area contributed by atoms with E-state index in [9.17, 15) is 26.8 Å². The molecule has 11 heteroatoms. The second-order valence-electron chi connectivity index (χ2n) is 8.77. The molecule has 0 aromatic heterocycles. The number of hydrogen-bond acceptors (Lipinski definition) is 5. The van der Waals surface area contributed by atoms with Crippen molar-refractivity contribution in [1.29, 1.82) is 5.26 Å². The summed E-state index contributed by atoms with van der Waals surface area (Å²) in [5.41, 5.74) is 0.387. The first-order chi connectivity index (χ1) is 16.6. The summed E-state index contributed by atoms with van der Waals surface area (Å²) in [6, 6.07) is 9.17. The summed E-state index contributed by atoms with van der Waals surface area (Å²) >= 11 is 0. The lowest BCUT2D eigenvalue weighted by molar-refractivity contribution is -0.125. The van der Waals surface area contributed by atoms with E-state index in [1.54, 1.807) is 6.92 Å². The highest BCUT2D eigenvalue weighted by Crippen LogP contribution is 2.27.